The molecular formula is C18H18O4. The van der Waals surface area contributed by atoms with Crippen molar-refractivity contribution in [2.45, 2.75) is 20.5 Å². The molecule has 0 atom stereocenters. The second-order valence-electron chi connectivity index (χ2n) is 5.01. The highest BCUT2D eigenvalue weighted by atomic mass is 16.5. The first kappa shape index (κ1) is 15.8. The summed E-state index contributed by atoms with van der Waals surface area (Å²) in [5.41, 5.74) is 3.83. The second-order valence-corrected chi connectivity index (χ2v) is 5.01. The topological polar surface area (TPSA) is 52.6 Å². The molecule has 4 heteroatoms. The number of hydrogen-bond donors (Lipinski definition) is 0. The molecule has 2 aromatic carbocycles. The molecule has 0 aromatic heterocycles. The fourth-order valence-electron chi connectivity index (χ4n) is 2.05. The molecule has 0 fully saturated rings. The van der Waals surface area contributed by atoms with Gasteiger partial charge in [-0.3, -0.25) is 0 Å². The van der Waals surface area contributed by atoms with E-state index in [1.807, 2.05) is 26.0 Å². The van der Waals surface area contributed by atoms with Crippen molar-refractivity contribution in [3.63, 3.8) is 0 Å². The summed E-state index contributed by atoms with van der Waals surface area (Å²) in [6, 6.07) is 12.3. The molecule has 2 aromatic rings. The van der Waals surface area contributed by atoms with Crippen LogP contribution in [0.3, 0.4) is 0 Å². The van der Waals surface area contributed by atoms with Gasteiger partial charge >= 0.3 is 11.9 Å². The molecule has 0 heterocycles. The maximum absolute atomic E-state index is 12.1. The lowest BCUT2D eigenvalue weighted by molar-refractivity contribution is 0.0470. The van der Waals surface area contributed by atoms with Gasteiger partial charge in [0.2, 0.25) is 0 Å². The molecule has 4 nitrogen and oxygen atoms in total. The highest BCUT2D eigenvalue weighted by Crippen LogP contribution is 2.15. The fourth-order valence-corrected chi connectivity index (χ4v) is 2.05. The van der Waals surface area contributed by atoms with Gasteiger partial charge in [0.1, 0.15) is 6.61 Å². The molecular weight excluding hydrogens is 280 g/mol. The van der Waals surface area contributed by atoms with Crippen molar-refractivity contribution >= 4 is 11.9 Å². The Morgan fingerprint density at radius 1 is 0.955 bits per heavy atom. The molecule has 0 unspecified atom stereocenters. The van der Waals surface area contributed by atoms with E-state index >= 15 is 0 Å². The summed E-state index contributed by atoms with van der Waals surface area (Å²) in [6.07, 6.45) is 0. The first-order chi connectivity index (χ1) is 10.5. The molecule has 0 spiro atoms. The van der Waals surface area contributed by atoms with Gasteiger partial charge in [0.05, 0.1) is 18.2 Å². The van der Waals surface area contributed by atoms with E-state index in [4.69, 9.17) is 4.74 Å². The van der Waals surface area contributed by atoms with Crippen molar-refractivity contribution in [3.8, 4) is 0 Å². The van der Waals surface area contributed by atoms with Crippen molar-refractivity contribution < 1.29 is 19.1 Å². The molecule has 0 N–H and O–H groups in total. The minimum absolute atomic E-state index is 0.160. The van der Waals surface area contributed by atoms with Gasteiger partial charge in [-0.2, -0.15) is 0 Å². The first-order valence-electron chi connectivity index (χ1n) is 6.93. The van der Waals surface area contributed by atoms with Crippen LogP contribution in [-0.2, 0) is 16.1 Å². The van der Waals surface area contributed by atoms with Gasteiger partial charge in [0.25, 0.3) is 0 Å². The lowest BCUT2D eigenvalue weighted by Gasteiger charge is -2.09. The Labute approximate surface area is 129 Å². The van der Waals surface area contributed by atoms with Crippen molar-refractivity contribution in [2.24, 2.45) is 0 Å². The molecule has 0 bridgehead atoms. The molecule has 22 heavy (non-hydrogen) atoms. The van der Waals surface area contributed by atoms with E-state index in [0.717, 1.165) is 16.7 Å². The minimum Gasteiger partial charge on any atom is -0.465 e. The number of hydrogen-bond acceptors (Lipinski definition) is 4. The van der Waals surface area contributed by atoms with Crippen LogP contribution < -0.4 is 0 Å². The van der Waals surface area contributed by atoms with Crippen LogP contribution in [0.1, 0.15) is 37.4 Å². The van der Waals surface area contributed by atoms with Crippen molar-refractivity contribution in [2.75, 3.05) is 7.11 Å². The number of methoxy groups -OCH3 is 1. The fraction of sp³-hybridized carbons (Fsp3) is 0.222. The molecule has 0 aliphatic carbocycles. The van der Waals surface area contributed by atoms with Crippen LogP contribution >= 0.6 is 0 Å². The van der Waals surface area contributed by atoms with E-state index in [9.17, 15) is 9.59 Å². The average Bonchev–Trinajstić information content (AvgIpc) is 2.55. The zero-order valence-electron chi connectivity index (χ0n) is 12.9. The number of carbonyl (C=O) groups is 2. The van der Waals surface area contributed by atoms with Gasteiger partial charge < -0.3 is 9.47 Å². The van der Waals surface area contributed by atoms with Crippen LogP contribution in [0.15, 0.2) is 42.5 Å². The maximum Gasteiger partial charge on any atom is 0.338 e. The van der Waals surface area contributed by atoms with Crippen LogP contribution in [-0.4, -0.2) is 19.0 Å². The molecule has 114 valence electrons. The lowest BCUT2D eigenvalue weighted by Crippen LogP contribution is -2.08. The third-order valence-corrected chi connectivity index (χ3v) is 3.57. The van der Waals surface area contributed by atoms with Gasteiger partial charge in [-0.25, -0.2) is 9.59 Å². The molecule has 2 rings (SSSR count). The molecule has 0 saturated heterocycles. The van der Waals surface area contributed by atoms with Crippen LogP contribution in [0, 0.1) is 13.8 Å². The van der Waals surface area contributed by atoms with Gasteiger partial charge in [0.15, 0.2) is 0 Å². The van der Waals surface area contributed by atoms with Gasteiger partial charge in [-0.1, -0.05) is 24.3 Å². The standard InChI is InChI=1S/C18H18O4/c1-12-5-4-6-16(13(12)2)18(20)22-11-14-7-9-15(10-8-14)17(19)21-3/h4-10H,11H2,1-3H3. The summed E-state index contributed by atoms with van der Waals surface area (Å²) in [5, 5.41) is 0. The predicted octanol–water partition coefficient (Wildman–Crippen LogP) is 3.45. The van der Waals surface area contributed by atoms with Crippen LogP contribution in [0.25, 0.3) is 0 Å². The lowest BCUT2D eigenvalue weighted by atomic mass is 10.0. The van der Waals surface area contributed by atoms with E-state index in [2.05, 4.69) is 4.74 Å². The second kappa shape index (κ2) is 6.89. The van der Waals surface area contributed by atoms with E-state index in [1.165, 1.54) is 7.11 Å². The number of esters is 2. The zero-order chi connectivity index (χ0) is 16.1. The van der Waals surface area contributed by atoms with E-state index in [0.29, 0.717) is 11.1 Å². The van der Waals surface area contributed by atoms with Crippen LogP contribution in [0.4, 0.5) is 0 Å². The highest BCUT2D eigenvalue weighted by molar-refractivity contribution is 5.91. The summed E-state index contributed by atoms with van der Waals surface area (Å²) in [4.78, 5) is 23.5. The van der Waals surface area contributed by atoms with Crippen LogP contribution in [0.2, 0.25) is 0 Å². The normalized spacial score (nSPS) is 10.1. The quantitative estimate of drug-likeness (QED) is 0.811. The Balaban J connectivity index is 2.02. The Bertz CT molecular complexity index is 687. The monoisotopic (exact) mass is 298 g/mol. The number of ether oxygens (including phenoxy) is 2. The molecule has 0 amide bonds. The van der Waals surface area contributed by atoms with E-state index in [-0.39, 0.29) is 18.5 Å². The molecule has 0 aliphatic heterocycles. The number of aryl methyl sites for hydroxylation is 1. The summed E-state index contributed by atoms with van der Waals surface area (Å²) in [6.45, 7) is 4.02. The minimum atomic E-state index is -0.390. The summed E-state index contributed by atoms with van der Waals surface area (Å²) >= 11 is 0. The van der Waals surface area contributed by atoms with Crippen molar-refractivity contribution in [1.29, 1.82) is 0 Å². The molecule has 0 saturated carbocycles. The number of benzene rings is 2. The van der Waals surface area contributed by atoms with Crippen LogP contribution in [0.5, 0.6) is 0 Å². The van der Waals surface area contributed by atoms with E-state index in [1.54, 1.807) is 30.3 Å². The third kappa shape index (κ3) is 3.52. The van der Waals surface area contributed by atoms with Gasteiger partial charge in [0, 0.05) is 0 Å². The van der Waals surface area contributed by atoms with Gasteiger partial charge in [-0.05, 0) is 48.7 Å². The predicted molar refractivity (Wildman–Crippen MR) is 82.8 cm³/mol. The molecule has 0 radical (unpaired) electrons. The average molecular weight is 298 g/mol. The largest absolute Gasteiger partial charge is 0.465 e. The van der Waals surface area contributed by atoms with Gasteiger partial charge in [-0.15, -0.1) is 0 Å². The number of rotatable bonds is 4. The Morgan fingerprint density at radius 2 is 1.64 bits per heavy atom. The molecule has 0 aliphatic rings. The third-order valence-electron chi connectivity index (χ3n) is 3.57. The SMILES string of the molecule is COC(=O)c1ccc(COC(=O)c2cccc(C)c2C)cc1. The Hall–Kier alpha value is -2.62. The maximum atomic E-state index is 12.1. The Morgan fingerprint density at radius 3 is 2.27 bits per heavy atom. The zero-order valence-corrected chi connectivity index (χ0v) is 12.9. The van der Waals surface area contributed by atoms with Crippen molar-refractivity contribution in [3.05, 3.63) is 70.3 Å². The Kier molecular flexibility index (Phi) is 4.94. The van der Waals surface area contributed by atoms with Crippen molar-refractivity contribution in [1.82, 2.24) is 0 Å². The summed E-state index contributed by atoms with van der Waals surface area (Å²) in [7, 11) is 1.34. The van der Waals surface area contributed by atoms with E-state index < -0.39 is 0 Å². The summed E-state index contributed by atoms with van der Waals surface area (Å²) in [5.74, 6) is -0.739. The first-order valence-corrected chi connectivity index (χ1v) is 6.93. The highest BCUT2D eigenvalue weighted by Gasteiger charge is 2.12. The summed E-state index contributed by atoms with van der Waals surface area (Å²) < 4.78 is 9.95. The smallest absolute Gasteiger partial charge is 0.338 e. The number of carbonyl (C=O) groups excluding carboxylic acids is 2.